The van der Waals surface area contributed by atoms with Crippen LogP contribution in [0.15, 0.2) is 28.7 Å². The first-order valence-electron chi connectivity index (χ1n) is 8.53. The zero-order valence-electron chi connectivity index (χ0n) is 14.4. The summed E-state index contributed by atoms with van der Waals surface area (Å²) in [6.07, 6.45) is 0.184. The van der Waals surface area contributed by atoms with E-state index in [1.165, 1.54) is 0 Å². The van der Waals surface area contributed by atoms with Crippen LogP contribution < -0.4 is 10.2 Å². The summed E-state index contributed by atoms with van der Waals surface area (Å²) in [5.74, 6) is -0.654. The molecule has 0 bridgehead atoms. The van der Waals surface area contributed by atoms with Gasteiger partial charge >= 0.3 is 0 Å². The molecule has 3 rings (SSSR count). The van der Waals surface area contributed by atoms with Crippen LogP contribution in [0.4, 0.5) is 5.69 Å². The number of nitrogens with zero attached hydrogens (tertiary/aromatic N) is 2. The molecule has 2 fully saturated rings. The van der Waals surface area contributed by atoms with Gasteiger partial charge in [0.15, 0.2) is 0 Å². The van der Waals surface area contributed by atoms with Crippen molar-refractivity contribution in [1.29, 1.82) is 0 Å². The van der Waals surface area contributed by atoms with Gasteiger partial charge in [-0.05, 0) is 34.0 Å². The van der Waals surface area contributed by atoms with Gasteiger partial charge in [-0.25, -0.2) is 0 Å². The Hall–Kier alpha value is -1.89. The van der Waals surface area contributed by atoms with Crippen molar-refractivity contribution in [1.82, 2.24) is 10.2 Å². The van der Waals surface area contributed by atoms with Crippen LogP contribution in [0.2, 0.25) is 0 Å². The molecule has 0 saturated carbocycles. The molecule has 2 aliphatic heterocycles. The lowest BCUT2D eigenvalue weighted by Crippen LogP contribution is -2.60. The van der Waals surface area contributed by atoms with E-state index in [4.69, 9.17) is 0 Å². The Morgan fingerprint density at radius 1 is 1.28 bits per heavy atom. The third-order valence-corrected chi connectivity index (χ3v) is 5.46. The van der Waals surface area contributed by atoms with Gasteiger partial charge in [0.2, 0.25) is 17.7 Å². The average Bonchev–Trinajstić information content (AvgIpc) is 2.95. The van der Waals surface area contributed by atoms with E-state index in [0.29, 0.717) is 19.6 Å². The Labute approximate surface area is 155 Å². The molecule has 2 aliphatic rings. The van der Waals surface area contributed by atoms with Crippen molar-refractivity contribution >= 4 is 39.3 Å². The smallest absolute Gasteiger partial charge is 0.243 e. The van der Waals surface area contributed by atoms with Crippen molar-refractivity contribution in [2.75, 3.05) is 24.5 Å². The number of carbonyl (C=O) groups is 3. The van der Waals surface area contributed by atoms with Crippen LogP contribution in [0.3, 0.4) is 0 Å². The lowest BCUT2D eigenvalue weighted by molar-refractivity contribution is -0.147. The van der Waals surface area contributed by atoms with E-state index in [9.17, 15) is 14.4 Å². The van der Waals surface area contributed by atoms with Gasteiger partial charge in [0.1, 0.15) is 6.04 Å². The van der Waals surface area contributed by atoms with Crippen molar-refractivity contribution in [2.24, 2.45) is 11.8 Å². The fourth-order valence-corrected chi connectivity index (χ4v) is 4.10. The van der Waals surface area contributed by atoms with Gasteiger partial charge in [-0.3, -0.25) is 14.4 Å². The monoisotopic (exact) mass is 407 g/mol. The van der Waals surface area contributed by atoms with Gasteiger partial charge in [0, 0.05) is 30.5 Å². The second-order valence-corrected chi connectivity index (χ2v) is 7.72. The zero-order valence-corrected chi connectivity index (χ0v) is 16.0. The Morgan fingerprint density at radius 2 is 2.00 bits per heavy atom. The van der Waals surface area contributed by atoms with E-state index in [1.807, 2.05) is 38.1 Å². The molecule has 7 heteroatoms. The molecule has 0 aliphatic carbocycles. The fraction of sp³-hybridized carbons (Fsp3) is 0.500. The molecule has 0 spiro atoms. The predicted molar refractivity (Wildman–Crippen MR) is 98.0 cm³/mol. The molecule has 1 aromatic carbocycles. The van der Waals surface area contributed by atoms with Gasteiger partial charge in [-0.2, -0.15) is 0 Å². The Balaban J connectivity index is 1.78. The number of hydrogen-bond acceptors (Lipinski definition) is 3. The van der Waals surface area contributed by atoms with E-state index in [1.54, 1.807) is 9.80 Å². The molecule has 0 aromatic heterocycles. The van der Waals surface area contributed by atoms with Crippen LogP contribution in [0.1, 0.15) is 20.3 Å². The number of piperazine rings is 1. The van der Waals surface area contributed by atoms with Gasteiger partial charge in [0.25, 0.3) is 0 Å². The van der Waals surface area contributed by atoms with Crippen molar-refractivity contribution in [3.05, 3.63) is 28.7 Å². The molecular formula is C18H22BrN3O3. The van der Waals surface area contributed by atoms with E-state index >= 15 is 0 Å². The quantitative estimate of drug-likeness (QED) is 0.829. The lowest BCUT2D eigenvalue weighted by Gasteiger charge is -2.38. The van der Waals surface area contributed by atoms with Crippen LogP contribution in [-0.2, 0) is 14.4 Å². The molecule has 2 saturated heterocycles. The Kier molecular flexibility index (Phi) is 5.13. The standard InChI is InChI=1S/C18H22BrN3O3/c1-11(2)16-17(24)20-7-8-21(16)18(25)12-9-15(23)22(10-12)14-6-4-3-5-13(14)19/h3-6,11-12,16H,7-10H2,1-2H3,(H,20,24). The minimum Gasteiger partial charge on any atom is -0.353 e. The van der Waals surface area contributed by atoms with Crippen LogP contribution in [0, 0.1) is 11.8 Å². The molecule has 25 heavy (non-hydrogen) atoms. The first-order chi connectivity index (χ1) is 11.9. The first-order valence-corrected chi connectivity index (χ1v) is 9.32. The van der Waals surface area contributed by atoms with E-state index in [-0.39, 0.29) is 30.1 Å². The third-order valence-electron chi connectivity index (χ3n) is 4.79. The highest BCUT2D eigenvalue weighted by atomic mass is 79.9. The van der Waals surface area contributed by atoms with Crippen molar-refractivity contribution in [3.63, 3.8) is 0 Å². The number of para-hydroxylation sites is 1. The molecule has 134 valence electrons. The minimum absolute atomic E-state index is 0.0284. The molecule has 2 atom stereocenters. The normalized spacial score (nSPS) is 24.0. The Morgan fingerprint density at radius 3 is 2.68 bits per heavy atom. The van der Waals surface area contributed by atoms with Crippen molar-refractivity contribution in [3.8, 4) is 0 Å². The van der Waals surface area contributed by atoms with Crippen LogP contribution >= 0.6 is 15.9 Å². The molecule has 6 nitrogen and oxygen atoms in total. The second kappa shape index (κ2) is 7.15. The van der Waals surface area contributed by atoms with Crippen LogP contribution in [-0.4, -0.2) is 48.3 Å². The number of rotatable bonds is 3. The summed E-state index contributed by atoms with van der Waals surface area (Å²) in [4.78, 5) is 41.0. The predicted octanol–water partition coefficient (Wildman–Crippen LogP) is 1.79. The van der Waals surface area contributed by atoms with Gasteiger partial charge in [-0.15, -0.1) is 0 Å². The van der Waals surface area contributed by atoms with Crippen molar-refractivity contribution < 1.29 is 14.4 Å². The summed E-state index contributed by atoms with van der Waals surface area (Å²) in [5, 5.41) is 2.82. The molecule has 1 N–H and O–H groups in total. The molecule has 0 radical (unpaired) electrons. The largest absolute Gasteiger partial charge is 0.353 e. The maximum absolute atomic E-state index is 13.0. The highest BCUT2D eigenvalue weighted by Crippen LogP contribution is 2.32. The van der Waals surface area contributed by atoms with E-state index in [2.05, 4.69) is 21.2 Å². The summed E-state index contributed by atoms with van der Waals surface area (Å²) in [6, 6.07) is 7.03. The van der Waals surface area contributed by atoms with Gasteiger partial charge in [-0.1, -0.05) is 26.0 Å². The number of carbonyl (C=O) groups excluding carboxylic acids is 3. The maximum atomic E-state index is 13.0. The third kappa shape index (κ3) is 3.42. The SMILES string of the molecule is CC(C)C1C(=O)NCCN1C(=O)C1CC(=O)N(c2ccccc2Br)C1. The highest BCUT2D eigenvalue weighted by Gasteiger charge is 2.42. The zero-order chi connectivity index (χ0) is 18.1. The Bertz CT molecular complexity index is 707. The number of amides is 3. The van der Waals surface area contributed by atoms with Crippen molar-refractivity contribution in [2.45, 2.75) is 26.3 Å². The summed E-state index contributed by atoms with van der Waals surface area (Å²) in [7, 11) is 0. The number of anilines is 1. The fourth-order valence-electron chi connectivity index (χ4n) is 3.61. The number of nitrogens with one attached hydrogen (secondary N) is 1. The van der Waals surface area contributed by atoms with E-state index in [0.717, 1.165) is 10.2 Å². The topological polar surface area (TPSA) is 69.7 Å². The maximum Gasteiger partial charge on any atom is 0.243 e. The molecule has 3 amide bonds. The molecular weight excluding hydrogens is 386 g/mol. The highest BCUT2D eigenvalue weighted by molar-refractivity contribution is 9.10. The number of hydrogen-bond donors (Lipinski definition) is 1. The van der Waals surface area contributed by atoms with Crippen LogP contribution in [0.25, 0.3) is 0 Å². The molecule has 1 aromatic rings. The summed E-state index contributed by atoms with van der Waals surface area (Å²) < 4.78 is 0.828. The lowest BCUT2D eigenvalue weighted by atomic mass is 9.97. The summed E-state index contributed by atoms with van der Waals surface area (Å²) in [5.41, 5.74) is 0.777. The first kappa shape index (κ1) is 17.9. The summed E-state index contributed by atoms with van der Waals surface area (Å²) in [6.45, 7) is 5.17. The second-order valence-electron chi connectivity index (χ2n) is 6.87. The average molecular weight is 408 g/mol. The van der Waals surface area contributed by atoms with Gasteiger partial charge in [0.05, 0.1) is 11.6 Å². The molecule has 2 unspecified atom stereocenters. The number of benzene rings is 1. The molecule has 2 heterocycles. The van der Waals surface area contributed by atoms with Crippen LogP contribution in [0.5, 0.6) is 0 Å². The number of halogens is 1. The van der Waals surface area contributed by atoms with E-state index < -0.39 is 12.0 Å². The minimum atomic E-state index is -0.464. The van der Waals surface area contributed by atoms with Gasteiger partial charge < -0.3 is 15.1 Å². The summed E-state index contributed by atoms with van der Waals surface area (Å²) >= 11 is 3.46.